The minimum Gasteiger partial charge on any atom is -0.421 e. The lowest BCUT2D eigenvalue weighted by Gasteiger charge is -2.65. The Morgan fingerprint density at radius 2 is 1.85 bits per heavy atom. The molecule has 1 fully saturated rings. The van der Waals surface area contributed by atoms with Crippen molar-refractivity contribution in [3.8, 4) is 0 Å². The highest BCUT2D eigenvalue weighted by molar-refractivity contribution is 5.98. The largest absolute Gasteiger partial charge is 0.421 e. The van der Waals surface area contributed by atoms with E-state index in [0.717, 1.165) is 16.9 Å². The summed E-state index contributed by atoms with van der Waals surface area (Å²) < 4.78 is 5.88. The first-order chi connectivity index (χ1) is 5.69. The Balaban J connectivity index is 3.00. The van der Waals surface area contributed by atoms with Crippen LogP contribution in [-0.4, -0.2) is 22.1 Å². The summed E-state index contributed by atoms with van der Waals surface area (Å²) in [7, 11) is 0.795. The van der Waals surface area contributed by atoms with Crippen molar-refractivity contribution in [3.05, 3.63) is 0 Å². The number of hydrogen-bond donors (Lipinski definition) is 1. The molecule has 1 aliphatic carbocycles. The molecule has 0 aromatic rings. The first kappa shape index (κ1) is 11.2. The molecule has 2 unspecified atom stereocenters. The average Bonchev–Trinajstić information content (AvgIpc) is 1.96. The quantitative estimate of drug-likeness (QED) is 0.638. The predicted octanol–water partition coefficient (Wildman–Crippen LogP) is 0.825. The SMILES string of the molecule is CC(C)(C)C1(O[SiH3])CC(N)C1(C)C. The van der Waals surface area contributed by atoms with Crippen LogP contribution in [0.3, 0.4) is 0 Å². The lowest BCUT2D eigenvalue weighted by atomic mass is 9.47. The molecule has 0 radical (unpaired) electrons. The summed E-state index contributed by atoms with van der Waals surface area (Å²) in [6.07, 6.45) is 1.01. The molecule has 0 bridgehead atoms. The van der Waals surface area contributed by atoms with E-state index in [9.17, 15) is 0 Å². The van der Waals surface area contributed by atoms with Crippen molar-refractivity contribution in [1.29, 1.82) is 0 Å². The lowest BCUT2D eigenvalue weighted by molar-refractivity contribution is -0.202. The molecule has 2 atom stereocenters. The Labute approximate surface area is 84.8 Å². The fraction of sp³-hybridized carbons (Fsp3) is 1.00. The van der Waals surface area contributed by atoms with Gasteiger partial charge in [-0.15, -0.1) is 0 Å². The Kier molecular flexibility index (Phi) is 2.43. The summed E-state index contributed by atoms with van der Waals surface area (Å²) in [6, 6.07) is 0.292. The summed E-state index contributed by atoms with van der Waals surface area (Å²) in [5.74, 6) is 0. The van der Waals surface area contributed by atoms with Gasteiger partial charge in [-0.25, -0.2) is 0 Å². The average molecular weight is 201 g/mol. The molecule has 0 aromatic carbocycles. The third kappa shape index (κ3) is 1.21. The van der Waals surface area contributed by atoms with Gasteiger partial charge in [0.05, 0.1) is 5.60 Å². The smallest absolute Gasteiger partial charge is 0.146 e. The minimum absolute atomic E-state index is 0.00559. The molecule has 2 nitrogen and oxygen atoms in total. The highest BCUT2D eigenvalue weighted by Gasteiger charge is 2.63. The van der Waals surface area contributed by atoms with Crippen molar-refractivity contribution in [2.75, 3.05) is 0 Å². The normalized spacial score (nSPS) is 38.8. The van der Waals surface area contributed by atoms with Gasteiger partial charge in [0.1, 0.15) is 10.5 Å². The minimum atomic E-state index is 0.00559. The maximum Gasteiger partial charge on any atom is 0.146 e. The van der Waals surface area contributed by atoms with Gasteiger partial charge in [0.2, 0.25) is 0 Å². The van der Waals surface area contributed by atoms with E-state index in [1.54, 1.807) is 0 Å². The molecule has 1 rings (SSSR count). The molecular weight excluding hydrogens is 178 g/mol. The van der Waals surface area contributed by atoms with Crippen molar-refractivity contribution in [2.45, 2.75) is 52.7 Å². The maximum absolute atomic E-state index is 6.04. The summed E-state index contributed by atoms with van der Waals surface area (Å²) in [5, 5.41) is 0. The monoisotopic (exact) mass is 201 g/mol. The second-order valence-corrected chi connectivity index (χ2v) is 6.22. The van der Waals surface area contributed by atoms with Crippen molar-refractivity contribution in [3.63, 3.8) is 0 Å². The maximum atomic E-state index is 6.04. The van der Waals surface area contributed by atoms with Gasteiger partial charge in [-0.2, -0.15) is 0 Å². The van der Waals surface area contributed by atoms with Crippen molar-refractivity contribution < 1.29 is 4.43 Å². The fourth-order valence-electron chi connectivity index (χ4n) is 2.92. The molecule has 13 heavy (non-hydrogen) atoms. The van der Waals surface area contributed by atoms with Crippen LogP contribution in [0.1, 0.15) is 41.0 Å². The first-order valence-electron chi connectivity index (χ1n) is 5.00. The van der Waals surface area contributed by atoms with Crippen LogP contribution in [0.5, 0.6) is 0 Å². The van der Waals surface area contributed by atoms with Crippen LogP contribution >= 0.6 is 0 Å². The van der Waals surface area contributed by atoms with Crippen LogP contribution in [0.4, 0.5) is 0 Å². The van der Waals surface area contributed by atoms with Crippen LogP contribution in [0, 0.1) is 10.8 Å². The molecule has 1 saturated carbocycles. The second kappa shape index (κ2) is 2.81. The van der Waals surface area contributed by atoms with Gasteiger partial charge in [-0.1, -0.05) is 34.6 Å². The standard InChI is InChI=1S/C10H23NOSi/c1-8(2,3)10(12-13)6-7(11)9(10,4)5/h7H,6,11H2,1-5,13H3. The third-order valence-electron chi connectivity index (χ3n) is 4.04. The molecule has 0 aromatic heterocycles. The van der Waals surface area contributed by atoms with E-state index >= 15 is 0 Å². The molecular formula is C10H23NOSi. The second-order valence-electron chi connectivity index (χ2n) is 5.81. The van der Waals surface area contributed by atoms with Crippen LogP contribution in [-0.2, 0) is 4.43 Å². The van der Waals surface area contributed by atoms with E-state index in [-0.39, 0.29) is 16.4 Å². The molecule has 0 spiro atoms. The molecule has 78 valence electrons. The van der Waals surface area contributed by atoms with Gasteiger partial charge < -0.3 is 10.2 Å². The van der Waals surface area contributed by atoms with E-state index in [1.807, 2.05) is 0 Å². The van der Waals surface area contributed by atoms with E-state index < -0.39 is 0 Å². The molecule has 3 heteroatoms. The summed E-state index contributed by atoms with van der Waals surface area (Å²) in [6.45, 7) is 11.2. The van der Waals surface area contributed by atoms with Gasteiger partial charge >= 0.3 is 0 Å². The van der Waals surface area contributed by atoms with E-state index in [0.29, 0.717) is 6.04 Å². The van der Waals surface area contributed by atoms with Crippen LogP contribution < -0.4 is 5.73 Å². The van der Waals surface area contributed by atoms with E-state index in [1.165, 1.54) is 0 Å². The molecule has 2 N–H and O–H groups in total. The Morgan fingerprint density at radius 3 is 1.92 bits per heavy atom. The lowest BCUT2D eigenvalue weighted by Crippen LogP contribution is -2.73. The van der Waals surface area contributed by atoms with Crippen LogP contribution in [0.15, 0.2) is 0 Å². The van der Waals surface area contributed by atoms with Crippen LogP contribution in [0.25, 0.3) is 0 Å². The Hall–Kier alpha value is 0.137. The molecule has 0 heterocycles. The third-order valence-corrected chi connectivity index (χ3v) is 4.73. The Morgan fingerprint density at radius 1 is 1.38 bits per heavy atom. The van der Waals surface area contributed by atoms with Gasteiger partial charge in [0.25, 0.3) is 0 Å². The van der Waals surface area contributed by atoms with Gasteiger partial charge in [0, 0.05) is 11.5 Å². The highest BCUT2D eigenvalue weighted by Crippen LogP contribution is 2.59. The Bertz CT molecular complexity index is 209. The van der Waals surface area contributed by atoms with Crippen LogP contribution in [0.2, 0.25) is 0 Å². The zero-order valence-electron chi connectivity index (χ0n) is 9.77. The highest BCUT2D eigenvalue weighted by atomic mass is 28.2. The topological polar surface area (TPSA) is 35.2 Å². The summed E-state index contributed by atoms with van der Waals surface area (Å²) in [5.41, 5.74) is 6.35. The number of hydrogen-bond acceptors (Lipinski definition) is 2. The fourth-order valence-corrected chi connectivity index (χ4v) is 4.23. The summed E-state index contributed by atoms with van der Waals surface area (Å²) in [4.78, 5) is 0. The van der Waals surface area contributed by atoms with Gasteiger partial charge in [0.15, 0.2) is 0 Å². The summed E-state index contributed by atoms with van der Waals surface area (Å²) >= 11 is 0. The number of nitrogens with two attached hydrogens (primary N) is 1. The zero-order valence-corrected chi connectivity index (χ0v) is 11.8. The van der Waals surface area contributed by atoms with E-state index in [4.69, 9.17) is 10.2 Å². The first-order valence-corrected chi connectivity index (χ1v) is 5.81. The predicted molar refractivity (Wildman–Crippen MR) is 59.6 cm³/mol. The molecule has 1 aliphatic rings. The van der Waals surface area contributed by atoms with E-state index in [2.05, 4.69) is 34.6 Å². The van der Waals surface area contributed by atoms with Gasteiger partial charge in [-0.05, 0) is 11.8 Å². The zero-order chi connectivity index (χ0) is 10.5. The van der Waals surface area contributed by atoms with Crippen molar-refractivity contribution in [2.24, 2.45) is 16.6 Å². The van der Waals surface area contributed by atoms with Gasteiger partial charge in [-0.3, -0.25) is 0 Å². The van der Waals surface area contributed by atoms with Crippen molar-refractivity contribution in [1.82, 2.24) is 0 Å². The molecule has 0 aliphatic heterocycles. The van der Waals surface area contributed by atoms with Crippen molar-refractivity contribution >= 4 is 10.5 Å². The number of rotatable bonds is 1. The molecule has 0 amide bonds. The molecule has 0 saturated heterocycles.